The number of anilines is 1. The van der Waals surface area contributed by atoms with E-state index in [0.29, 0.717) is 11.0 Å². The Hall–Kier alpha value is -0.660. The van der Waals surface area contributed by atoms with Gasteiger partial charge in [0.1, 0.15) is 0 Å². The monoisotopic (exact) mass is 376 g/mol. The maximum Gasteiger partial charge on any atom is 0.234 e. The predicted molar refractivity (Wildman–Crippen MR) is 86.7 cm³/mol. The van der Waals surface area contributed by atoms with E-state index in [1.54, 1.807) is 12.1 Å². The highest BCUT2D eigenvalue weighted by Crippen LogP contribution is 2.16. The van der Waals surface area contributed by atoms with Crippen LogP contribution in [0.25, 0.3) is 0 Å². The molecule has 0 fully saturated rings. The van der Waals surface area contributed by atoms with E-state index in [2.05, 4.69) is 31.4 Å². The molecule has 0 heterocycles. The predicted octanol–water partition coefficient (Wildman–Crippen LogP) is 2.48. The second-order valence-electron chi connectivity index (χ2n) is 5.45. The highest BCUT2D eigenvalue weighted by atomic mass is 127. The molecule has 4 nitrogen and oxygen atoms in total. The van der Waals surface area contributed by atoms with Crippen LogP contribution in [-0.4, -0.2) is 27.5 Å². The third-order valence-corrected chi connectivity index (χ3v) is 3.22. The molecule has 0 radical (unpaired) electrons. The number of nitrogens with one attached hydrogen (secondary N) is 2. The Morgan fingerprint density at radius 3 is 2.37 bits per heavy atom. The normalized spacial score (nSPS) is 13.1. The van der Waals surface area contributed by atoms with Gasteiger partial charge in [0.15, 0.2) is 0 Å². The van der Waals surface area contributed by atoms with Crippen LogP contribution < -0.4 is 10.6 Å². The van der Waals surface area contributed by atoms with Crippen LogP contribution in [0.4, 0.5) is 5.69 Å². The number of carbonyl (C=O) groups excluding carboxylic acids is 1. The molecule has 0 saturated carbocycles. The minimum Gasteiger partial charge on any atom is -0.387 e. The van der Waals surface area contributed by atoms with Crippen molar-refractivity contribution in [3.8, 4) is 0 Å². The molecule has 1 amide bonds. The first-order valence-corrected chi connectivity index (χ1v) is 7.73. The number of benzene rings is 1. The lowest BCUT2D eigenvalue weighted by Gasteiger charge is -2.23. The third-order valence-electron chi connectivity index (χ3n) is 2.53. The smallest absolute Gasteiger partial charge is 0.234 e. The van der Waals surface area contributed by atoms with Crippen LogP contribution in [0.3, 0.4) is 0 Å². The molecule has 0 aromatic heterocycles. The van der Waals surface area contributed by atoms with E-state index in [-0.39, 0.29) is 11.4 Å². The Morgan fingerprint density at radius 1 is 1.32 bits per heavy atom. The summed E-state index contributed by atoms with van der Waals surface area (Å²) in [4.78, 5) is 11.2. The minimum atomic E-state index is -0.548. The summed E-state index contributed by atoms with van der Waals surface area (Å²) >= 11 is 2.02. The van der Waals surface area contributed by atoms with Gasteiger partial charge in [0.25, 0.3) is 0 Å². The number of aliphatic hydroxyl groups excluding tert-OH is 1. The Balaban J connectivity index is 2.58. The van der Waals surface area contributed by atoms with Crippen molar-refractivity contribution in [3.63, 3.8) is 0 Å². The van der Waals surface area contributed by atoms with Gasteiger partial charge >= 0.3 is 0 Å². The molecule has 1 atom stereocenters. The molecule has 0 aliphatic carbocycles. The number of halogens is 1. The molecule has 1 rings (SSSR count). The molecular weight excluding hydrogens is 355 g/mol. The van der Waals surface area contributed by atoms with Crippen molar-refractivity contribution in [1.82, 2.24) is 5.32 Å². The molecule has 0 aliphatic heterocycles. The fourth-order valence-corrected chi connectivity index (χ4v) is 1.69. The van der Waals surface area contributed by atoms with Crippen molar-refractivity contribution in [3.05, 3.63) is 29.8 Å². The van der Waals surface area contributed by atoms with Gasteiger partial charge in [0.05, 0.1) is 10.5 Å². The summed E-state index contributed by atoms with van der Waals surface area (Å²) in [6.45, 7) is 6.68. The fraction of sp³-hybridized carbons (Fsp3) is 0.500. The molecule has 1 aromatic carbocycles. The Kier molecular flexibility index (Phi) is 6.22. The quantitative estimate of drug-likeness (QED) is 0.547. The molecule has 0 aliphatic rings. The molecule has 5 heteroatoms. The minimum absolute atomic E-state index is 0.0187. The first kappa shape index (κ1) is 16.4. The highest BCUT2D eigenvalue weighted by Gasteiger charge is 2.13. The van der Waals surface area contributed by atoms with Crippen molar-refractivity contribution in [2.45, 2.75) is 32.4 Å². The summed E-state index contributed by atoms with van der Waals surface area (Å²) in [6.07, 6.45) is -0.548. The van der Waals surface area contributed by atoms with Crippen molar-refractivity contribution in [2.24, 2.45) is 0 Å². The van der Waals surface area contributed by atoms with E-state index < -0.39 is 6.10 Å². The van der Waals surface area contributed by atoms with Gasteiger partial charge in [-0.2, -0.15) is 0 Å². The van der Waals surface area contributed by atoms with Crippen LogP contribution in [0.1, 0.15) is 32.4 Å². The molecule has 0 bridgehead atoms. The molecule has 19 heavy (non-hydrogen) atoms. The summed E-state index contributed by atoms with van der Waals surface area (Å²) in [5, 5.41) is 16.1. The van der Waals surface area contributed by atoms with Gasteiger partial charge in [-0.15, -0.1) is 0 Å². The van der Waals surface area contributed by atoms with Crippen molar-refractivity contribution in [2.75, 3.05) is 16.3 Å². The first-order valence-electron chi connectivity index (χ1n) is 6.20. The average molecular weight is 376 g/mol. The van der Waals surface area contributed by atoms with Gasteiger partial charge in [0, 0.05) is 17.8 Å². The number of rotatable bonds is 5. The van der Waals surface area contributed by atoms with E-state index >= 15 is 0 Å². The molecule has 3 N–H and O–H groups in total. The second kappa shape index (κ2) is 7.21. The molecule has 1 aromatic rings. The van der Waals surface area contributed by atoms with E-state index in [4.69, 9.17) is 0 Å². The highest BCUT2D eigenvalue weighted by molar-refractivity contribution is 14.1. The number of hydrogen-bond donors (Lipinski definition) is 3. The summed E-state index contributed by atoms with van der Waals surface area (Å²) in [5.74, 6) is -0.0247. The zero-order chi connectivity index (χ0) is 14.5. The van der Waals surface area contributed by atoms with Crippen LogP contribution in [0.5, 0.6) is 0 Å². The maximum absolute atomic E-state index is 11.2. The largest absolute Gasteiger partial charge is 0.387 e. The van der Waals surface area contributed by atoms with Crippen molar-refractivity contribution < 1.29 is 9.90 Å². The lowest BCUT2D eigenvalue weighted by Crippen LogP contribution is -2.38. The van der Waals surface area contributed by atoms with Crippen LogP contribution in [0.15, 0.2) is 24.3 Å². The molecular formula is C14H21IN2O2. The summed E-state index contributed by atoms with van der Waals surface area (Å²) in [5.41, 5.74) is 1.57. The van der Waals surface area contributed by atoms with E-state index in [9.17, 15) is 9.90 Å². The number of hydrogen-bond acceptors (Lipinski definition) is 3. The Labute approximate surface area is 128 Å². The second-order valence-corrected chi connectivity index (χ2v) is 6.21. The molecule has 1 unspecified atom stereocenters. The van der Waals surface area contributed by atoms with Crippen LogP contribution in [-0.2, 0) is 4.79 Å². The number of carbonyl (C=O) groups is 1. The zero-order valence-corrected chi connectivity index (χ0v) is 13.7. The van der Waals surface area contributed by atoms with Gasteiger partial charge in [0.2, 0.25) is 5.91 Å². The number of β-amino-alcohol motifs (C(OH)–C–C–N with tert-alkyl or cyclic N) is 1. The molecule has 106 valence electrons. The number of aliphatic hydroxyl groups is 1. The van der Waals surface area contributed by atoms with Crippen molar-refractivity contribution in [1.29, 1.82) is 0 Å². The lowest BCUT2D eigenvalue weighted by atomic mass is 10.1. The van der Waals surface area contributed by atoms with Crippen molar-refractivity contribution >= 4 is 34.2 Å². The SMILES string of the molecule is CC(C)(C)NCC(O)c1ccc(NC(=O)CI)cc1. The van der Waals surface area contributed by atoms with Crippen LogP contribution in [0.2, 0.25) is 0 Å². The van der Waals surface area contributed by atoms with Gasteiger partial charge in [-0.3, -0.25) is 4.79 Å². The maximum atomic E-state index is 11.2. The Bertz CT molecular complexity index is 412. The van der Waals surface area contributed by atoms with Crippen LogP contribution >= 0.6 is 22.6 Å². The number of alkyl halides is 1. The van der Waals surface area contributed by atoms with E-state index in [0.717, 1.165) is 11.3 Å². The van der Waals surface area contributed by atoms with Gasteiger partial charge in [-0.1, -0.05) is 34.7 Å². The molecule has 0 spiro atoms. The lowest BCUT2D eigenvalue weighted by molar-refractivity contribution is -0.113. The van der Waals surface area contributed by atoms with Gasteiger partial charge < -0.3 is 15.7 Å². The summed E-state index contributed by atoms with van der Waals surface area (Å²) in [6, 6.07) is 7.27. The van der Waals surface area contributed by atoms with Gasteiger partial charge in [-0.05, 0) is 38.5 Å². The van der Waals surface area contributed by atoms with E-state index in [1.165, 1.54) is 0 Å². The Morgan fingerprint density at radius 2 is 1.89 bits per heavy atom. The number of amides is 1. The fourth-order valence-electron chi connectivity index (χ4n) is 1.50. The third kappa shape index (κ3) is 6.35. The zero-order valence-electron chi connectivity index (χ0n) is 11.5. The average Bonchev–Trinajstić information content (AvgIpc) is 2.36. The van der Waals surface area contributed by atoms with Gasteiger partial charge in [-0.25, -0.2) is 0 Å². The molecule has 0 saturated heterocycles. The summed E-state index contributed by atoms with van der Waals surface area (Å²) in [7, 11) is 0. The van der Waals surface area contributed by atoms with Crippen LogP contribution in [0, 0.1) is 0 Å². The standard InChI is InChI=1S/C14H21IN2O2/c1-14(2,3)16-9-12(18)10-4-6-11(7-5-10)17-13(19)8-15/h4-7,12,16,18H,8-9H2,1-3H3,(H,17,19). The topological polar surface area (TPSA) is 61.4 Å². The van der Waals surface area contributed by atoms with E-state index in [1.807, 2.05) is 34.7 Å². The first-order chi connectivity index (χ1) is 8.81. The summed E-state index contributed by atoms with van der Waals surface area (Å²) < 4.78 is 0.428.